The average Bonchev–Trinajstić information content (AvgIpc) is 3.07. The van der Waals surface area contributed by atoms with Gasteiger partial charge in [-0.1, -0.05) is 0 Å². The maximum atomic E-state index is 13.0. The molecule has 0 saturated carbocycles. The molecule has 1 atom stereocenters. The van der Waals surface area contributed by atoms with Gasteiger partial charge in [-0.2, -0.15) is 0 Å². The largest absolute Gasteiger partial charge is 0.466 e. The number of hydrogen-bond acceptors (Lipinski definition) is 4. The lowest BCUT2D eigenvalue weighted by Gasteiger charge is -2.40. The first-order valence-corrected chi connectivity index (χ1v) is 8.68. The van der Waals surface area contributed by atoms with Crippen molar-refractivity contribution in [2.45, 2.75) is 51.9 Å². The molecule has 0 bridgehead atoms. The van der Waals surface area contributed by atoms with E-state index in [2.05, 4.69) is 4.98 Å². The molecule has 5 heteroatoms. The minimum Gasteiger partial charge on any atom is -0.466 e. The fraction of sp³-hybridized carbons (Fsp3) is 0.526. The number of aromatic nitrogens is 2. The van der Waals surface area contributed by atoms with E-state index in [9.17, 15) is 4.79 Å². The van der Waals surface area contributed by atoms with E-state index in [0.717, 1.165) is 50.4 Å². The lowest BCUT2D eigenvalue weighted by molar-refractivity contribution is 0.0631. The van der Waals surface area contributed by atoms with Gasteiger partial charge in [0.15, 0.2) is 0 Å². The molecule has 1 saturated heterocycles. The highest BCUT2D eigenvalue weighted by Crippen LogP contribution is 2.44. The molecule has 2 aliphatic rings. The zero-order valence-corrected chi connectivity index (χ0v) is 14.6. The van der Waals surface area contributed by atoms with Gasteiger partial charge in [-0.15, -0.1) is 0 Å². The highest BCUT2D eigenvalue weighted by Gasteiger charge is 2.44. The van der Waals surface area contributed by atoms with Gasteiger partial charge in [-0.3, -0.25) is 4.79 Å². The molecule has 1 fully saturated rings. The topological polar surface area (TPSA) is 59.2 Å². The van der Waals surface area contributed by atoms with E-state index < -0.39 is 0 Å². The first-order chi connectivity index (χ1) is 11.5. The third-order valence-electron chi connectivity index (χ3n) is 5.50. The molecule has 1 amide bonds. The number of carbonyl (C=O) groups is 1. The van der Waals surface area contributed by atoms with E-state index in [1.807, 2.05) is 37.9 Å². The van der Waals surface area contributed by atoms with Gasteiger partial charge in [0, 0.05) is 24.7 Å². The smallest absolute Gasteiger partial charge is 0.257 e. The number of aryl methyl sites for hydroxylation is 4. The minimum absolute atomic E-state index is 0.00360. The van der Waals surface area contributed by atoms with E-state index in [4.69, 9.17) is 9.40 Å². The molecule has 0 radical (unpaired) electrons. The Morgan fingerprint density at radius 2 is 2.12 bits per heavy atom. The van der Waals surface area contributed by atoms with Crippen molar-refractivity contribution >= 4 is 5.91 Å². The van der Waals surface area contributed by atoms with Crippen LogP contribution in [0.15, 0.2) is 16.7 Å². The van der Waals surface area contributed by atoms with Crippen LogP contribution in [0.5, 0.6) is 0 Å². The standard InChI is InChI=1S/C19H23N3O2/c1-12-9-16(13(2)24-12)18(23)22-8-4-6-19(11-22)7-5-15-10-20-14(3)21-17(15)19/h9-10H,4-8,11H2,1-3H3. The van der Waals surface area contributed by atoms with E-state index in [1.54, 1.807) is 0 Å². The monoisotopic (exact) mass is 325 g/mol. The quantitative estimate of drug-likeness (QED) is 0.808. The lowest BCUT2D eigenvalue weighted by Crippen LogP contribution is -2.48. The molecule has 4 rings (SSSR count). The van der Waals surface area contributed by atoms with E-state index in [0.29, 0.717) is 11.3 Å². The Morgan fingerprint density at radius 1 is 1.29 bits per heavy atom. The van der Waals surface area contributed by atoms with E-state index >= 15 is 0 Å². The summed E-state index contributed by atoms with van der Waals surface area (Å²) >= 11 is 0. The molecule has 1 unspecified atom stereocenters. The van der Waals surface area contributed by atoms with Crippen LogP contribution in [0.4, 0.5) is 0 Å². The highest BCUT2D eigenvalue weighted by atomic mass is 16.3. The fourth-order valence-electron chi connectivity index (χ4n) is 4.35. The molecule has 1 aliphatic heterocycles. The second kappa shape index (κ2) is 5.43. The van der Waals surface area contributed by atoms with Gasteiger partial charge in [-0.25, -0.2) is 9.97 Å². The molecule has 1 spiro atoms. The van der Waals surface area contributed by atoms with Crippen molar-refractivity contribution in [3.05, 3.63) is 46.4 Å². The van der Waals surface area contributed by atoms with Crippen LogP contribution >= 0.6 is 0 Å². The molecule has 3 heterocycles. The van der Waals surface area contributed by atoms with Gasteiger partial charge in [0.25, 0.3) is 5.91 Å². The number of fused-ring (bicyclic) bond motifs is 2. The van der Waals surface area contributed by atoms with Crippen LogP contribution in [-0.4, -0.2) is 33.9 Å². The summed E-state index contributed by atoms with van der Waals surface area (Å²) in [5.41, 5.74) is 3.13. The number of furan rings is 1. The van der Waals surface area contributed by atoms with Crippen LogP contribution in [-0.2, 0) is 11.8 Å². The molecule has 2 aromatic heterocycles. The van der Waals surface area contributed by atoms with Crippen molar-refractivity contribution in [2.75, 3.05) is 13.1 Å². The second-order valence-electron chi connectivity index (χ2n) is 7.23. The average molecular weight is 325 g/mol. The molecule has 24 heavy (non-hydrogen) atoms. The molecule has 1 aliphatic carbocycles. The van der Waals surface area contributed by atoms with Crippen molar-refractivity contribution in [2.24, 2.45) is 0 Å². The van der Waals surface area contributed by atoms with Gasteiger partial charge in [0.1, 0.15) is 17.3 Å². The number of rotatable bonds is 1. The first kappa shape index (κ1) is 15.4. The van der Waals surface area contributed by atoms with Crippen molar-refractivity contribution in [1.82, 2.24) is 14.9 Å². The summed E-state index contributed by atoms with van der Waals surface area (Å²) in [4.78, 5) is 24.1. The zero-order valence-electron chi connectivity index (χ0n) is 14.6. The first-order valence-electron chi connectivity index (χ1n) is 8.68. The maximum Gasteiger partial charge on any atom is 0.257 e. The SMILES string of the molecule is Cc1ncc2c(n1)C1(CCCN(C(=O)c3cc(C)oc3C)C1)CC2. The van der Waals surface area contributed by atoms with Crippen molar-refractivity contribution in [3.63, 3.8) is 0 Å². The minimum atomic E-state index is 0.00360. The van der Waals surface area contributed by atoms with Gasteiger partial charge in [0.2, 0.25) is 0 Å². The molecule has 0 N–H and O–H groups in total. The predicted octanol–water partition coefficient (Wildman–Crippen LogP) is 3.12. The molecular formula is C19H23N3O2. The molecule has 126 valence electrons. The summed E-state index contributed by atoms with van der Waals surface area (Å²) < 4.78 is 5.55. The van der Waals surface area contributed by atoms with Crippen LogP contribution in [0.1, 0.15) is 58.2 Å². The third kappa shape index (κ3) is 2.34. The Kier molecular flexibility index (Phi) is 3.48. The van der Waals surface area contributed by atoms with Gasteiger partial charge >= 0.3 is 0 Å². The second-order valence-corrected chi connectivity index (χ2v) is 7.23. The predicted molar refractivity (Wildman–Crippen MR) is 90.1 cm³/mol. The summed E-state index contributed by atoms with van der Waals surface area (Å²) in [6, 6.07) is 1.86. The van der Waals surface area contributed by atoms with Crippen LogP contribution in [0.3, 0.4) is 0 Å². The molecule has 5 nitrogen and oxygen atoms in total. The number of carbonyl (C=O) groups excluding carboxylic acids is 1. The Bertz CT molecular complexity index is 807. The zero-order chi connectivity index (χ0) is 16.9. The Hall–Kier alpha value is -2.17. The van der Waals surface area contributed by atoms with Gasteiger partial charge in [-0.05, 0) is 58.1 Å². The normalized spacial score (nSPS) is 22.9. The van der Waals surface area contributed by atoms with Gasteiger partial charge < -0.3 is 9.32 Å². The summed E-state index contributed by atoms with van der Waals surface area (Å²) in [7, 11) is 0. The number of nitrogens with zero attached hydrogens (tertiary/aromatic N) is 3. The Labute approximate surface area is 142 Å². The van der Waals surface area contributed by atoms with Crippen LogP contribution < -0.4 is 0 Å². The Morgan fingerprint density at radius 3 is 2.88 bits per heavy atom. The molecule has 0 aromatic carbocycles. The summed E-state index contributed by atoms with van der Waals surface area (Å²) in [6.45, 7) is 7.24. The number of piperidine rings is 1. The van der Waals surface area contributed by atoms with Crippen LogP contribution in [0.25, 0.3) is 0 Å². The highest BCUT2D eigenvalue weighted by molar-refractivity contribution is 5.95. The summed E-state index contributed by atoms with van der Waals surface area (Å²) in [5.74, 6) is 2.40. The summed E-state index contributed by atoms with van der Waals surface area (Å²) in [5, 5.41) is 0. The fourth-order valence-corrected chi connectivity index (χ4v) is 4.35. The van der Waals surface area contributed by atoms with Crippen LogP contribution in [0, 0.1) is 20.8 Å². The molecular weight excluding hydrogens is 302 g/mol. The van der Waals surface area contributed by atoms with E-state index in [-0.39, 0.29) is 11.3 Å². The number of likely N-dealkylation sites (tertiary alicyclic amines) is 1. The Balaban J connectivity index is 1.65. The van der Waals surface area contributed by atoms with Gasteiger partial charge in [0.05, 0.1) is 11.3 Å². The molecule has 2 aromatic rings. The van der Waals surface area contributed by atoms with Crippen molar-refractivity contribution < 1.29 is 9.21 Å². The number of amides is 1. The summed E-state index contributed by atoms with van der Waals surface area (Å²) in [6.07, 6.45) is 6.17. The maximum absolute atomic E-state index is 13.0. The third-order valence-corrected chi connectivity index (χ3v) is 5.50. The number of hydrogen-bond donors (Lipinski definition) is 0. The van der Waals surface area contributed by atoms with Crippen molar-refractivity contribution in [1.29, 1.82) is 0 Å². The van der Waals surface area contributed by atoms with E-state index in [1.165, 1.54) is 11.3 Å². The lowest BCUT2D eigenvalue weighted by atomic mass is 9.77. The van der Waals surface area contributed by atoms with Crippen LogP contribution in [0.2, 0.25) is 0 Å². The van der Waals surface area contributed by atoms with Crippen molar-refractivity contribution in [3.8, 4) is 0 Å².